The lowest BCUT2D eigenvalue weighted by Crippen LogP contribution is -2.50. The molecule has 0 aromatic carbocycles. The molecule has 19 heteroatoms. The molecule has 19 nitrogen and oxygen atoms in total. The molecule has 0 aromatic heterocycles. The van der Waals surface area contributed by atoms with Gasteiger partial charge in [-0.2, -0.15) is 20.2 Å². The first-order valence-electron chi connectivity index (χ1n) is 10.5. The molecule has 0 radical (unpaired) electrons. The van der Waals surface area contributed by atoms with Gasteiger partial charge in [-0.15, -0.1) is 20.9 Å². The number of nitrogens with two attached hydrogens (primary N) is 2. The van der Waals surface area contributed by atoms with E-state index < -0.39 is 6.04 Å². The third-order valence-corrected chi connectivity index (χ3v) is 5.39. The minimum Gasteiger partial charge on any atom is -0.410 e. The molecule has 2 fully saturated rings. The van der Waals surface area contributed by atoms with Gasteiger partial charge in [-0.1, -0.05) is 12.1 Å². The lowest BCUT2D eigenvalue weighted by atomic mass is 10.1. The quantitative estimate of drug-likeness (QED) is 0.0623. The van der Waals surface area contributed by atoms with Crippen molar-refractivity contribution in [1.29, 1.82) is 5.41 Å². The van der Waals surface area contributed by atoms with Gasteiger partial charge in [0.2, 0.25) is 11.9 Å². The molecule has 2 aliphatic heterocycles. The Labute approximate surface area is 202 Å². The van der Waals surface area contributed by atoms with Crippen LogP contribution in [-0.2, 0) is 0 Å². The summed E-state index contributed by atoms with van der Waals surface area (Å²) in [5.41, 5.74) is 23.4. The second-order valence-corrected chi connectivity index (χ2v) is 7.54. The number of guanidine groups is 3. The monoisotopic (exact) mass is 494 g/mol. The fraction of sp³-hybridized carbons (Fsp3) is 0.625. The van der Waals surface area contributed by atoms with E-state index in [-0.39, 0.29) is 35.1 Å². The van der Waals surface area contributed by atoms with Gasteiger partial charge in [0.1, 0.15) is 17.7 Å². The number of azo groups is 1. The molecule has 2 atom stereocenters. The van der Waals surface area contributed by atoms with Crippen LogP contribution in [0.3, 0.4) is 0 Å². The predicted molar refractivity (Wildman–Crippen MR) is 132 cm³/mol. The van der Waals surface area contributed by atoms with Gasteiger partial charge in [-0.25, -0.2) is 25.9 Å². The number of likely N-dealkylation sites (N-methyl/N-ethyl adjacent to an activating group) is 1. The minimum absolute atomic E-state index is 0.0846. The Morgan fingerprint density at radius 3 is 2.66 bits per heavy atom. The molecule has 10 N–H and O–H groups in total. The molecule has 0 amide bonds. The van der Waals surface area contributed by atoms with Crippen molar-refractivity contribution >= 4 is 35.8 Å². The van der Waals surface area contributed by atoms with Gasteiger partial charge in [0.15, 0.2) is 5.84 Å². The first-order valence-corrected chi connectivity index (χ1v) is 10.5. The molecule has 2 unspecified atom stereocenters. The fourth-order valence-corrected chi connectivity index (χ4v) is 2.93. The Kier molecular flexibility index (Phi) is 9.62. The lowest BCUT2D eigenvalue weighted by Gasteiger charge is -2.31. The average molecular weight is 495 g/mol. The minimum atomic E-state index is -0.514. The average Bonchev–Trinajstić information content (AvgIpc) is 3.32. The number of oxime groups is 1. The smallest absolute Gasteiger partial charge is 0.277 e. The van der Waals surface area contributed by atoms with Crippen LogP contribution >= 0.6 is 0 Å². The van der Waals surface area contributed by atoms with Crippen LogP contribution in [0.25, 0.3) is 0 Å². The van der Waals surface area contributed by atoms with Crippen LogP contribution in [0, 0.1) is 5.41 Å². The number of nitrogens with zero attached hydrogens (tertiary/aromatic N) is 11. The summed E-state index contributed by atoms with van der Waals surface area (Å²) in [5.74, 6) is -0.449. The fourth-order valence-electron chi connectivity index (χ4n) is 2.93. The molecule has 2 heterocycles. The summed E-state index contributed by atoms with van der Waals surface area (Å²) < 4.78 is 0. The van der Waals surface area contributed by atoms with Crippen molar-refractivity contribution in [3.05, 3.63) is 0 Å². The van der Waals surface area contributed by atoms with Crippen LogP contribution in [0.5, 0.6) is 0 Å². The molecule has 194 valence electrons. The first-order chi connectivity index (χ1) is 16.6. The van der Waals surface area contributed by atoms with Gasteiger partial charge in [-0.3, -0.25) is 10.8 Å². The van der Waals surface area contributed by atoms with Crippen LogP contribution in [0.1, 0.15) is 20.3 Å². The molecule has 2 aliphatic rings. The van der Waals surface area contributed by atoms with Gasteiger partial charge < -0.3 is 16.7 Å². The standard InChI is InChI=1S/C16H34N18O/c1-7-16(2)29-30-34(32(16)6)15(26-20-3)23-9-22-13(18)24-25-14(19)33-12(17)11(28-35)10(27-33)8-31(5)21-4/h9-10,17,21,27,29-30,35H,7-8H2,1-6H3,(H2,18,24)(H2,19,25). The third-order valence-electron chi connectivity index (χ3n) is 5.39. The SMILES string of the molecule is CCC1(C)NNN(C(N=NC)=NC=N/C(N)=N/N=C(\N)N2NC(CN(C)NC)C(=NO)C2=N)N1C. The zero-order valence-corrected chi connectivity index (χ0v) is 20.6. The van der Waals surface area contributed by atoms with E-state index >= 15 is 0 Å². The first kappa shape index (κ1) is 27.6. The zero-order chi connectivity index (χ0) is 26.2. The normalized spacial score (nSPS) is 26.6. The second-order valence-electron chi connectivity index (χ2n) is 7.54. The van der Waals surface area contributed by atoms with Crippen LogP contribution in [0.2, 0.25) is 0 Å². The van der Waals surface area contributed by atoms with Crippen LogP contribution in [0.15, 0.2) is 35.6 Å². The van der Waals surface area contributed by atoms with Gasteiger partial charge in [0.25, 0.3) is 5.96 Å². The van der Waals surface area contributed by atoms with E-state index in [0.29, 0.717) is 6.54 Å². The molecule has 35 heavy (non-hydrogen) atoms. The summed E-state index contributed by atoms with van der Waals surface area (Å²) in [7, 11) is 6.90. The van der Waals surface area contributed by atoms with Crippen molar-refractivity contribution in [2.24, 2.45) is 47.0 Å². The molecule has 2 rings (SSSR count). The number of rotatable bonds is 6. The van der Waals surface area contributed by atoms with Crippen molar-refractivity contribution in [1.82, 2.24) is 42.0 Å². The number of hydrogen-bond acceptors (Lipinski definition) is 12. The summed E-state index contributed by atoms with van der Waals surface area (Å²) in [5, 5.41) is 42.2. The maximum Gasteiger partial charge on any atom is 0.277 e. The Hall–Kier alpha value is -3.62. The van der Waals surface area contributed by atoms with Crippen LogP contribution in [0.4, 0.5) is 0 Å². The van der Waals surface area contributed by atoms with Crippen molar-refractivity contribution in [3.8, 4) is 0 Å². The zero-order valence-electron chi connectivity index (χ0n) is 20.6. The van der Waals surface area contributed by atoms with Crippen molar-refractivity contribution in [2.75, 3.05) is 34.7 Å². The largest absolute Gasteiger partial charge is 0.410 e. The van der Waals surface area contributed by atoms with Gasteiger partial charge in [-0.05, 0) is 20.4 Å². The van der Waals surface area contributed by atoms with Crippen molar-refractivity contribution < 1.29 is 5.21 Å². The maximum absolute atomic E-state index is 9.28. The predicted octanol–water partition coefficient (Wildman–Crippen LogP) is -2.64. The van der Waals surface area contributed by atoms with Crippen molar-refractivity contribution in [3.63, 3.8) is 0 Å². The van der Waals surface area contributed by atoms with Crippen molar-refractivity contribution in [2.45, 2.75) is 32.0 Å². The number of hydrazine groups is 5. The molecule has 0 bridgehead atoms. The number of amidine groups is 1. The highest BCUT2D eigenvalue weighted by Crippen LogP contribution is 2.19. The molecule has 0 aliphatic carbocycles. The van der Waals surface area contributed by atoms with Gasteiger partial charge in [0, 0.05) is 27.7 Å². The Balaban J connectivity index is 2.11. The summed E-state index contributed by atoms with van der Waals surface area (Å²) in [6, 6.07) is -0.514. The molecule has 2 saturated heterocycles. The number of hydrogen-bond donors (Lipinski definition) is 8. The van der Waals surface area contributed by atoms with E-state index in [1.165, 1.54) is 7.05 Å². The number of nitrogens with one attached hydrogen (secondary N) is 5. The molecular formula is C16H34N18O. The van der Waals surface area contributed by atoms with E-state index in [0.717, 1.165) is 17.8 Å². The van der Waals surface area contributed by atoms with E-state index in [9.17, 15) is 5.21 Å². The molecule has 0 saturated carbocycles. The maximum atomic E-state index is 9.28. The Bertz CT molecular complexity index is 939. The van der Waals surface area contributed by atoms with Gasteiger partial charge >= 0.3 is 0 Å². The third kappa shape index (κ3) is 6.49. The highest BCUT2D eigenvalue weighted by Gasteiger charge is 2.39. The lowest BCUT2D eigenvalue weighted by molar-refractivity contribution is 0.0195. The van der Waals surface area contributed by atoms with E-state index in [1.807, 2.05) is 25.9 Å². The molecular weight excluding hydrogens is 460 g/mol. The van der Waals surface area contributed by atoms with Crippen LogP contribution in [-0.4, -0.2) is 108 Å². The van der Waals surface area contributed by atoms with Crippen LogP contribution < -0.4 is 33.3 Å². The number of aliphatic imine (C=N–C) groups is 2. The summed E-state index contributed by atoms with van der Waals surface area (Å²) >= 11 is 0. The van der Waals surface area contributed by atoms with E-state index in [1.54, 1.807) is 24.2 Å². The second kappa shape index (κ2) is 12.2. The van der Waals surface area contributed by atoms with E-state index in [4.69, 9.17) is 16.9 Å². The summed E-state index contributed by atoms with van der Waals surface area (Å²) in [6.07, 6.45) is 1.95. The summed E-state index contributed by atoms with van der Waals surface area (Å²) in [6.45, 7) is 4.42. The topological polar surface area (TPSA) is 244 Å². The van der Waals surface area contributed by atoms with E-state index in [2.05, 4.69) is 57.4 Å². The Morgan fingerprint density at radius 2 is 2.09 bits per heavy atom. The highest BCUT2D eigenvalue weighted by atomic mass is 16.4. The molecule has 0 aromatic rings. The van der Waals surface area contributed by atoms with Gasteiger partial charge in [0.05, 0.1) is 6.04 Å². The Morgan fingerprint density at radius 1 is 1.37 bits per heavy atom. The molecule has 0 spiro atoms. The highest BCUT2D eigenvalue weighted by molar-refractivity contribution is 6.45. The summed E-state index contributed by atoms with van der Waals surface area (Å²) in [4.78, 5) is 8.06.